The standard InChI is InChI=1S/C28H33N7O4S/c1-17(9-12-36)19-5-6-23(35-16-24(18(35)2)34(3)40(4,38)39)21-15-31-27(13-20(19)21)32-26-8-11-30-28(33-26)22-14-29-10-7-25(22)37/h5-8,10-11,13-15,17-18,24,36H,9,12,16H2,1-4H3,(H,29,37)(H,30,31,32,33)/t17?,18-,24+/m1/s1. The van der Waals surface area contributed by atoms with E-state index >= 15 is 0 Å². The fraction of sp³-hybridized carbons (Fsp3) is 0.357. The summed E-state index contributed by atoms with van der Waals surface area (Å²) in [5, 5.41) is 14.8. The molecule has 4 aromatic rings. The van der Waals surface area contributed by atoms with Gasteiger partial charge in [-0.15, -0.1) is 0 Å². The van der Waals surface area contributed by atoms with E-state index in [9.17, 15) is 18.3 Å². The van der Waals surface area contributed by atoms with Gasteiger partial charge in [0.05, 0.1) is 17.9 Å². The first kappa shape index (κ1) is 27.7. The molecule has 12 heteroatoms. The van der Waals surface area contributed by atoms with Crippen LogP contribution in [0.25, 0.3) is 22.2 Å². The summed E-state index contributed by atoms with van der Waals surface area (Å²) in [5.74, 6) is 1.46. The van der Waals surface area contributed by atoms with Crippen LogP contribution in [-0.4, -0.2) is 76.3 Å². The molecule has 0 saturated carbocycles. The van der Waals surface area contributed by atoms with Crippen molar-refractivity contribution < 1.29 is 13.5 Å². The summed E-state index contributed by atoms with van der Waals surface area (Å²) >= 11 is 0. The topological polar surface area (TPSA) is 144 Å². The predicted octanol–water partition coefficient (Wildman–Crippen LogP) is 3.08. The number of benzene rings is 1. The quantitative estimate of drug-likeness (QED) is 0.280. The SMILES string of the molecule is CC(CCO)c1ccc(N2C[C@H](N(C)S(C)(=O)=O)[C@H]2C)c2cnc(Nc3ccnc(-c4c[nH]ccc4=O)n3)cc12. The zero-order valence-corrected chi connectivity index (χ0v) is 23.7. The van der Waals surface area contributed by atoms with Crippen molar-refractivity contribution in [2.24, 2.45) is 0 Å². The lowest BCUT2D eigenvalue weighted by Gasteiger charge is -2.51. The Hall–Kier alpha value is -3.87. The van der Waals surface area contributed by atoms with Crippen LogP contribution in [0, 0.1) is 0 Å². The van der Waals surface area contributed by atoms with Crippen molar-refractivity contribution in [1.29, 1.82) is 0 Å². The van der Waals surface area contributed by atoms with Gasteiger partial charge in [-0.05, 0) is 48.4 Å². The lowest BCUT2D eigenvalue weighted by molar-refractivity contribution is 0.251. The Kier molecular flexibility index (Phi) is 7.58. The number of fused-ring (bicyclic) bond motifs is 1. The highest BCUT2D eigenvalue weighted by molar-refractivity contribution is 7.88. The monoisotopic (exact) mass is 563 g/mol. The number of nitrogens with zero attached hydrogens (tertiary/aromatic N) is 5. The molecule has 1 aliphatic heterocycles. The number of pyridine rings is 2. The molecule has 3 aromatic heterocycles. The zero-order valence-electron chi connectivity index (χ0n) is 22.9. The third kappa shape index (κ3) is 5.29. The first-order chi connectivity index (χ1) is 19.1. The van der Waals surface area contributed by atoms with Crippen LogP contribution >= 0.6 is 0 Å². The number of anilines is 3. The van der Waals surface area contributed by atoms with Crippen LogP contribution in [-0.2, 0) is 10.0 Å². The molecule has 1 unspecified atom stereocenters. The van der Waals surface area contributed by atoms with Crippen LogP contribution in [0.5, 0.6) is 0 Å². The highest BCUT2D eigenvalue weighted by Crippen LogP contribution is 2.39. The van der Waals surface area contributed by atoms with Crippen LogP contribution in [0.15, 0.2) is 59.9 Å². The Balaban J connectivity index is 1.50. The number of hydrogen-bond donors (Lipinski definition) is 3. The fourth-order valence-corrected chi connectivity index (χ4v) is 5.93. The van der Waals surface area contributed by atoms with Gasteiger partial charge in [0.2, 0.25) is 10.0 Å². The molecule has 4 heterocycles. The lowest BCUT2D eigenvalue weighted by atomic mass is 9.90. The maximum Gasteiger partial charge on any atom is 0.211 e. The van der Waals surface area contributed by atoms with Gasteiger partial charge in [-0.25, -0.2) is 23.4 Å². The normalized spacial score (nSPS) is 18.1. The van der Waals surface area contributed by atoms with Gasteiger partial charge in [-0.3, -0.25) is 4.79 Å². The van der Waals surface area contributed by atoms with Gasteiger partial charge in [-0.2, -0.15) is 4.31 Å². The summed E-state index contributed by atoms with van der Waals surface area (Å²) < 4.78 is 25.6. The van der Waals surface area contributed by atoms with E-state index in [2.05, 4.69) is 49.2 Å². The van der Waals surface area contributed by atoms with E-state index in [-0.39, 0.29) is 30.0 Å². The smallest absolute Gasteiger partial charge is 0.211 e. The molecule has 1 aliphatic rings. The molecule has 0 aliphatic carbocycles. The van der Waals surface area contributed by atoms with Crippen molar-refractivity contribution in [2.45, 2.75) is 38.3 Å². The third-order valence-corrected chi connectivity index (χ3v) is 9.03. The summed E-state index contributed by atoms with van der Waals surface area (Å²) in [6, 6.07) is 9.10. The second-order valence-electron chi connectivity index (χ2n) is 10.3. The summed E-state index contributed by atoms with van der Waals surface area (Å²) in [5.41, 5.74) is 2.24. The van der Waals surface area contributed by atoms with Gasteiger partial charge in [0.15, 0.2) is 11.3 Å². The molecule has 1 saturated heterocycles. The average molecular weight is 564 g/mol. The number of aliphatic hydroxyl groups is 1. The minimum Gasteiger partial charge on any atom is -0.396 e. The van der Waals surface area contributed by atoms with Crippen molar-refractivity contribution in [2.75, 3.05) is 36.7 Å². The number of nitrogens with one attached hydrogen (secondary N) is 2. The van der Waals surface area contributed by atoms with Gasteiger partial charge in [0.1, 0.15) is 11.6 Å². The average Bonchev–Trinajstić information content (AvgIpc) is 2.92. The summed E-state index contributed by atoms with van der Waals surface area (Å²) in [6.45, 7) is 4.76. The van der Waals surface area contributed by atoms with Crippen molar-refractivity contribution in [3.63, 3.8) is 0 Å². The number of rotatable bonds is 9. The van der Waals surface area contributed by atoms with E-state index in [1.165, 1.54) is 16.6 Å². The van der Waals surface area contributed by atoms with E-state index in [4.69, 9.17) is 0 Å². The second kappa shape index (κ2) is 11.0. The van der Waals surface area contributed by atoms with Crippen LogP contribution in [0.2, 0.25) is 0 Å². The Morgan fingerprint density at radius 1 is 1.20 bits per heavy atom. The Morgan fingerprint density at radius 3 is 2.70 bits per heavy atom. The number of likely N-dealkylation sites (N-methyl/N-ethyl adjacent to an activating group) is 1. The molecule has 0 radical (unpaired) electrons. The molecular formula is C28H33N7O4S. The summed E-state index contributed by atoms with van der Waals surface area (Å²) in [6.07, 6.45) is 8.36. The number of H-pyrrole nitrogens is 1. The Bertz CT molecular complexity index is 1710. The molecule has 0 bridgehead atoms. The van der Waals surface area contributed by atoms with E-state index in [0.29, 0.717) is 36.0 Å². The number of sulfonamides is 1. The molecule has 1 fully saturated rings. The largest absolute Gasteiger partial charge is 0.396 e. The molecule has 0 amide bonds. The van der Waals surface area contributed by atoms with Crippen LogP contribution in [0.4, 0.5) is 17.3 Å². The maximum atomic E-state index is 12.2. The van der Waals surface area contributed by atoms with Gasteiger partial charge < -0.3 is 20.3 Å². The first-order valence-electron chi connectivity index (χ1n) is 13.1. The highest BCUT2D eigenvalue weighted by Gasteiger charge is 2.41. The second-order valence-corrected chi connectivity index (χ2v) is 12.3. The van der Waals surface area contributed by atoms with E-state index in [1.54, 1.807) is 31.7 Å². The Labute approximate surface area is 233 Å². The molecule has 1 aromatic carbocycles. The predicted molar refractivity (Wildman–Crippen MR) is 156 cm³/mol. The molecule has 0 spiro atoms. The van der Waals surface area contributed by atoms with Crippen molar-refractivity contribution in [1.82, 2.24) is 24.2 Å². The first-order valence-corrected chi connectivity index (χ1v) is 14.9. The number of hydrogen-bond acceptors (Lipinski definition) is 9. The minimum atomic E-state index is -3.29. The van der Waals surface area contributed by atoms with Crippen molar-refractivity contribution in [3.05, 3.63) is 70.9 Å². The van der Waals surface area contributed by atoms with Crippen LogP contribution < -0.4 is 15.6 Å². The van der Waals surface area contributed by atoms with Gasteiger partial charge in [0, 0.05) is 68.2 Å². The minimum absolute atomic E-state index is 0.0120. The number of aromatic nitrogens is 4. The maximum absolute atomic E-state index is 12.2. The van der Waals surface area contributed by atoms with Gasteiger partial charge in [-0.1, -0.05) is 13.0 Å². The molecule has 3 atom stereocenters. The van der Waals surface area contributed by atoms with Crippen LogP contribution in [0.3, 0.4) is 0 Å². The highest BCUT2D eigenvalue weighted by atomic mass is 32.2. The third-order valence-electron chi connectivity index (χ3n) is 7.71. The molecule has 5 rings (SSSR count). The summed E-state index contributed by atoms with van der Waals surface area (Å²) in [4.78, 5) is 30.8. The molecule has 3 N–H and O–H groups in total. The molecule has 210 valence electrons. The van der Waals surface area contributed by atoms with E-state index < -0.39 is 10.0 Å². The fourth-order valence-electron chi connectivity index (χ4n) is 5.20. The number of aliphatic hydroxyl groups excluding tert-OH is 1. The number of aromatic amines is 1. The van der Waals surface area contributed by atoms with Gasteiger partial charge >= 0.3 is 0 Å². The van der Waals surface area contributed by atoms with E-state index in [0.717, 1.165) is 22.0 Å². The van der Waals surface area contributed by atoms with Gasteiger partial charge in [0.25, 0.3) is 0 Å². The van der Waals surface area contributed by atoms with E-state index in [1.807, 2.05) is 19.2 Å². The lowest BCUT2D eigenvalue weighted by Crippen LogP contribution is -2.65. The summed E-state index contributed by atoms with van der Waals surface area (Å²) in [7, 11) is -1.67. The molecule has 40 heavy (non-hydrogen) atoms. The Morgan fingerprint density at radius 2 is 2.00 bits per heavy atom. The molecular weight excluding hydrogens is 530 g/mol. The van der Waals surface area contributed by atoms with Crippen molar-refractivity contribution in [3.8, 4) is 11.4 Å². The molecule has 11 nitrogen and oxygen atoms in total. The van der Waals surface area contributed by atoms with Crippen molar-refractivity contribution >= 4 is 38.1 Å². The van der Waals surface area contributed by atoms with Crippen LogP contribution in [0.1, 0.15) is 31.7 Å². The zero-order chi connectivity index (χ0) is 28.6.